The van der Waals surface area contributed by atoms with Crippen LogP contribution in [0.3, 0.4) is 0 Å². The van der Waals surface area contributed by atoms with Crippen LogP contribution in [0.2, 0.25) is 0 Å². The van der Waals surface area contributed by atoms with Gasteiger partial charge in [-0.2, -0.15) is 0 Å². The third-order valence-corrected chi connectivity index (χ3v) is 1.43. The molecule has 0 saturated heterocycles. The van der Waals surface area contributed by atoms with Gasteiger partial charge in [-0.05, 0) is 12.2 Å². The average molecular weight is 165 g/mol. The van der Waals surface area contributed by atoms with Crippen LogP contribution < -0.4 is 10.9 Å². The Kier molecular flexibility index (Phi) is 2.25. The lowest BCUT2D eigenvalue weighted by Gasteiger charge is -2.12. The zero-order chi connectivity index (χ0) is 6.69. The van der Waals surface area contributed by atoms with Crippen molar-refractivity contribution in [1.82, 2.24) is 10.9 Å². The summed E-state index contributed by atoms with van der Waals surface area (Å²) in [6.45, 7) is 0. The first-order chi connectivity index (χ1) is 4.33. The van der Waals surface area contributed by atoms with E-state index in [4.69, 9.17) is 23.2 Å². The standard InChI is InChI=1S/C5H6Cl2N2/c6-3-4-1-2-5(7)9-8-4/h1-2,8-9H,3H2. The fourth-order valence-corrected chi connectivity index (χ4v) is 0.741. The van der Waals surface area contributed by atoms with E-state index in [1.807, 2.05) is 6.08 Å². The summed E-state index contributed by atoms with van der Waals surface area (Å²) in [6.07, 6.45) is 3.57. The molecule has 4 heteroatoms. The van der Waals surface area contributed by atoms with Gasteiger partial charge in [-0.25, -0.2) is 0 Å². The van der Waals surface area contributed by atoms with Gasteiger partial charge >= 0.3 is 0 Å². The normalized spacial score (nSPS) is 17.1. The highest BCUT2D eigenvalue weighted by Crippen LogP contribution is 2.03. The molecule has 1 aliphatic heterocycles. The summed E-state index contributed by atoms with van der Waals surface area (Å²) in [5.74, 6) is 0.466. The van der Waals surface area contributed by atoms with Crippen molar-refractivity contribution in [3.05, 3.63) is 23.0 Å². The molecular weight excluding hydrogens is 159 g/mol. The van der Waals surface area contributed by atoms with E-state index >= 15 is 0 Å². The van der Waals surface area contributed by atoms with E-state index in [0.717, 1.165) is 5.70 Å². The summed E-state index contributed by atoms with van der Waals surface area (Å²) in [5.41, 5.74) is 6.42. The maximum absolute atomic E-state index is 5.54. The summed E-state index contributed by atoms with van der Waals surface area (Å²) in [5, 5.41) is 0.573. The molecule has 0 spiro atoms. The number of nitrogens with one attached hydrogen (secondary N) is 2. The molecule has 0 saturated carbocycles. The molecule has 1 rings (SSSR count). The minimum absolute atomic E-state index is 0.466. The molecule has 0 unspecified atom stereocenters. The molecule has 0 amide bonds. The van der Waals surface area contributed by atoms with E-state index in [0.29, 0.717) is 11.0 Å². The monoisotopic (exact) mass is 164 g/mol. The predicted molar refractivity (Wildman–Crippen MR) is 39.0 cm³/mol. The van der Waals surface area contributed by atoms with Crippen LogP contribution in [-0.4, -0.2) is 5.88 Å². The Morgan fingerprint density at radius 2 is 2.11 bits per heavy atom. The number of allylic oxidation sites excluding steroid dienone is 3. The molecule has 2 N–H and O–H groups in total. The van der Waals surface area contributed by atoms with Gasteiger partial charge in [0, 0.05) is 5.70 Å². The molecule has 0 radical (unpaired) electrons. The lowest BCUT2D eigenvalue weighted by atomic mass is 10.4. The van der Waals surface area contributed by atoms with E-state index in [-0.39, 0.29) is 0 Å². The molecule has 0 aromatic heterocycles. The first-order valence-corrected chi connectivity index (χ1v) is 3.38. The van der Waals surface area contributed by atoms with Gasteiger partial charge in [-0.3, -0.25) is 5.43 Å². The summed E-state index contributed by atoms with van der Waals surface area (Å²) in [4.78, 5) is 0. The van der Waals surface area contributed by atoms with Gasteiger partial charge in [0.2, 0.25) is 0 Å². The maximum Gasteiger partial charge on any atom is 0.120 e. The zero-order valence-corrected chi connectivity index (χ0v) is 6.13. The van der Waals surface area contributed by atoms with E-state index in [1.54, 1.807) is 6.08 Å². The smallest absolute Gasteiger partial charge is 0.120 e. The number of alkyl halides is 1. The van der Waals surface area contributed by atoms with E-state index in [1.165, 1.54) is 0 Å². The molecule has 9 heavy (non-hydrogen) atoms. The minimum Gasteiger partial charge on any atom is -0.303 e. The molecule has 1 aliphatic rings. The molecule has 2 nitrogen and oxygen atoms in total. The fraction of sp³-hybridized carbons (Fsp3) is 0.200. The molecule has 0 aromatic rings. The second-order valence-corrected chi connectivity index (χ2v) is 2.26. The third kappa shape index (κ3) is 1.80. The average Bonchev–Trinajstić information content (AvgIpc) is 1.90. The van der Waals surface area contributed by atoms with Gasteiger partial charge < -0.3 is 5.43 Å². The Balaban J connectivity index is 2.59. The highest BCUT2D eigenvalue weighted by Gasteiger charge is 1.98. The van der Waals surface area contributed by atoms with Crippen LogP contribution in [0.25, 0.3) is 0 Å². The number of rotatable bonds is 1. The lowest BCUT2D eigenvalue weighted by Crippen LogP contribution is -2.31. The van der Waals surface area contributed by atoms with Crippen molar-refractivity contribution < 1.29 is 0 Å². The quantitative estimate of drug-likeness (QED) is 0.452. The highest BCUT2D eigenvalue weighted by atomic mass is 35.5. The fourth-order valence-electron chi connectivity index (χ4n) is 0.475. The van der Waals surface area contributed by atoms with Crippen molar-refractivity contribution in [3.8, 4) is 0 Å². The minimum atomic E-state index is 0.466. The van der Waals surface area contributed by atoms with Crippen molar-refractivity contribution in [1.29, 1.82) is 0 Å². The van der Waals surface area contributed by atoms with Crippen molar-refractivity contribution in [2.24, 2.45) is 0 Å². The topological polar surface area (TPSA) is 24.1 Å². The second kappa shape index (κ2) is 2.99. The van der Waals surface area contributed by atoms with Gasteiger partial charge in [-0.1, -0.05) is 11.6 Å². The molecule has 0 fully saturated rings. The highest BCUT2D eigenvalue weighted by molar-refractivity contribution is 6.29. The van der Waals surface area contributed by atoms with E-state index in [2.05, 4.69) is 10.9 Å². The zero-order valence-electron chi connectivity index (χ0n) is 4.62. The van der Waals surface area contributed by atoms with Crippen LogP contribution in [0.5, 0.6) is 0 Å². The molecular formula is C5H6Cl2N2. The lowest BCUT2D eigenvalue weighted by molar-refractivity contribution is 0.708. The van der Waals surface area contributed by atoms with Crippen molar-refractivity contribution >= 4 is 23.2 Å². The largest absolute Gasteiger partial charge is 0.303 e. The summed E-state index contributed by atoms with van der Waals surface area (Å²) in [7, 11) is 0. The summed E-state index contributed by atoms with van der Waals surface area (Å²) < 4.78 is 0. The van der Waals surface area contributed by atoms with Gasteiger partial charge in [0.1, 0.15) is 5.16 Å². The summed E-state index contributed by atoms with van der Waals surface area (Å²) >= 11 is 11.0. The number of hydrogen-bond acceptors (Lipinski definition) is 2. The Bertz CT molecular complexity index is 162. The van der Waals surface area contributed by atoms with E-state index < -0.39 is 0 Å². The predicted octanol–water partition coefficient (Wildman–Crippen LogP) is 1.30. The first-order valence-electron chi connectivity index (χ1n) is 2.47. The Labute approximate surface area is 63.5 Å². The third-order valence-electron chi connectivity index (χ3n) is 0.917. The van der Waals surface area contributed by atoms with Gasteiger partial charge in [0.05, 0.1) is 5.88 Å². The Morgan fingerprint density at radius 3 is 2.56 bits per heavy atom. The van der Waals surface area contributed by atoms with Crippen LogP contribution >= 0.6 is 23.2 Å². The van der Waals surface area contributed by atoms with Gasteiger partial charge in [0.25, 0.3) is 0 Å². The van der Waals surface area contributed by atoms with Gasteiger partial charge in [0.15, 0.2) is 0 Å². The van der Waals surface area contributed by atoms with Crippen LogP contribution in [0.1, 0.15) is 0 Å². The number of hydrazine groups is 1. The Morgan fingerprint density at radius 1 is 1.33 bits per heavy atom. The molecule has 50 valence electrons. The Hall–Kier alpha value is -0.340. The first kappa shape index (κ1) is 6.78. The van der Waals surface area contributed by atoms with Crippen LogP contribution in [0, 0.1) is 0 Å². The SMILES string of the molecule is ClCC1=CC=C(Cl)NN1. The molecule has 0 aliphatic carbocycles. The van der Waals surface area contributed by atoms with Crippen molar-refractivity contribution in [3.63, 3.8) is 0 Å². The molecule has 0 aromatic carbocycles. The van der Waals surface area contributed by atoms with Crippen LogP contribution in [0.4, 0.5) is 0 Å². The molecule has 1 heterocycles. The van der Waals surface area contributed by atoms with Crippen LogP contribution in [0.15, 0.2) is 23.0 Å². The van der Waals surface area contributed by atoms with Crippen molar-refractivity contribution in [2.45, 2.75) is 0 Å². The molecule has 0 atom stereocenters. The van der Waals surface area contributed by atoms with E-state index in [9.17, 15) is 0 Å². The second-order valence-electron chi connectivity index (χ2n) is 1.59. The molecule has 0 bridgehead atoms. The summed E-state index contributed by atoms with van der Waals surface area (Å²) in [6, 6.07) is 0. The maximum atomic E-state index is 5.54. The number of hydrogen-bond donors (Lipinski definition) is 2. The van der Waals surface area contributed by atoms with Gasteiger partial charge in [-0.15, -0.1) is 11.6 Å². The van der Waals surface area contributed by atoms with Crippen LogP contribution in [-0.2, 0) is 0 Å². The number of halogens is 2. The van der Waals surface area contributed by atoms with Crippen molar-refractivity contribution in [2.75, 3.05) is 5.88 Å².